The third kappa shape index (κ3) is 3.54. The first kappa shape index (κ1) is 21.8. The number of allylic oxidation sites excluding steroid dienone is 4. The molecule has 156 valence electrons. The van der Waals surface area contributed by atoms with Gasteiger partial charge in [0.15, 0.2) is 14.1 Å². The molecule has 0 radical (unpaired) electrons. The van der Waals surface area contributed by atoms with Gasteiger partial charge >= 0.3 is 0 Å². The van der Waals surface area contributed by atoms with Crippen LogP contribution in [0.4, 0.5) is 0 Å². The van der Waals surface area contributed by atoms with E-state index in [4.69, 9.17) is 4.43 Å². The van der Waals surface area contributed by atoms with Gasteiger partial charge in [-0.15, -0.1) is 0 Å². The van der Waals surface area contributed by atoms with Gasteiger partial charge < -0.3 is 4.43 Å². The first-order valence-corrected chi connectivity index (χ1v) is 14.0. The van der Waals surface area contributed by atoms with Gasteiger partial charge in [0.25, 0.3) is 0 Å². The fourth-order valence-corrected chi connectivity index (χ4v) is 6.53. The van der Waals surface area contributed by atoms with E-state index in [1.54, 1.807) is 0 Å². The van der Waals surface area contributed by atoms with Gasteiger partial charge in [0.05, 0.1) is 6.10 Å². The normalized spacial score (nSPS) is 31.1. The molecule has 3 atom stereocenters. The van der Waals surface area contributed by atoms with Gasteiger partial charge in [0.1, 0.15) is 0 Å². The van der Waals surface area contributed by atoms with E-state index in [2.05, 4.69) is 67.3 Å². The van der Waals surface area contributed by atoms with Crippen molar-refractivity contribution in [3.8, 4) is 0 Å². The zero-order valence-electron chi connectivity index (χ0n) is 19.4. The SMILES string of the molecule is C=C1CC2=C(C)[C@@H](O[Si](C)(C)C(C)(C)C)C[C@@H](C(=O)C3=CCCC[C@@H]13)C2(C)C. The highest BCUT2D eigenvalue weighted by Crippen LogP contribution is 2.54. The summed E-state index contributed by atoms with van der Waals surface area (Å²) in [7, 11) is -1.91. The molecule has 0 spiro atoms. The van der Waals surface area contributed by atoms with E-state index < -0.39 is 8.32 Å². The minimum atomic E-state index is -1.91. The minimum absolute atomic E-state index is 0.0147. The molecule has 2 bridgehead atoms. The number of hydrogen-bond donors (Lipinski definition) is 0. The number of carbonyl (C=O) groups is 1. The summed E-state index contributed by atoms with van der Waals surface area (Å²) < 4.78 is 6.88. The molecule has 0 N–H and O–H groups in total. The van der Waals surface area contributed by atoms with Crippen LogP contribution in [0.5, 0.6) is 0 Å². The van der Waals surface area contributed by atoms with E-state index in [0.717, 1.165) is 31.3 Å². The highest BCUT2D eigenvalue weighted by molar-refractivity contribution is 6.74. The van der Waals surface area contributed by atoms with Gasteiger partial charge in [-0.05, 0) is 73.7 Å². The van der Waals surface area contributed by atoms with Gasteiger partial charge in [-0.2, -0.15) is 0 Å². The first-order valence-electron chi connectivity index (χ1n) is 11.1. The number of rotatable bonds is 2. The summed E-state index contributed by atoms with van der Waals surface area (Å²) in [5.74, 6) is 0.644. The Balaban J connectivity index is 2.07. The predicted molar refractivity (Wildman–Crippen MR) is 121 cm³/mol. The van der Waals surface area contributed by atoms with E-state index in [1.165, 1.54) is 23.1 Å². The second kappa shape index (κ2) is 7.09. The van der Waals surface area contributed by atoms with E-state index in [9.17, 15) is 4.79 Å². The number of ketones is 1. The lowest BCUT2D eigenvalue weighted by atomic mass is 9.57. The van der Waals surface area contributed by atoms with E-state index >= 15 is 0 Å². The second-order valence-corrected chi connectivity index (χ2v) is 16.1. The van der Waals surface area contributed by atoms with E-state index in [1.807, 2.05) is 0 Å². The summed E-state index contributed by atoms with van der Waals surface area (Å²) in [5.41, 5.74) is 4.94. The van der Waals surface area contributed by atoms with Crippen molar-refractivity contribution in [2.75, 3.05) is 0 Å². The summed E-state index contributed by atoms with van der Waals surface area (Å²) in [6.45, 7) is 22.8. The molecule has 2 nitrogen and oxygen atoms in total. The lowest BCUT2D eigenvalue weighted by Crippen LogP contribution is -2.49. The summed E-state index contributed by atoms with van der Waals surface area (Å²) in [6.07, 6.45) is 7.31. The standard InChI is InChI=1S/C25H40O2Si/c1-16-14-20-17(2)22(27-28(8,9)24(3,4)5)15-21(25(20,6)7)23(26)19-13-11-10-12-18(16)19/h13,18,21-22H,1,10-12,14-15H2,2-9H3/t18-,21-,22-/m0/s1. The van der Waals surface area contributed by atoms with Crippen molar-refractivity contribution >= 4 is 14.1 Å². The van der Waals surface area contributed by atoms with Gasteiger partial charge in [-0.1, -0.05) is 58.4 Å². The Morgan fingerprint density at radius 2 is 1.89 bits per heavy atom. The Labute approximate surface area is 173 Å². The van der Waals surface area contributed by atoms with Crippen LogP contribution in [0.25, 0.3) is 0 Å². The maximum atomic E-state index is 13.7. The molecule has 0 aromatic carbocycles. The minimum Gasteiger partial charge on any atom is -0.410 e. The summed E-state index contributed by atoms with van der Waals surface area (Å²) in [5, 5.41) is 0.164. The highest BCUT2D eigenvalue weighted by Gasteiger charge is 2.50. The van der Waals surface area contributed by atoms with Crippen LogP contribution < -0.4 is 0 Å². The summed E-state index contributed by atoms with van der Waals surface area (Å²) in [4.78, 5) is 13.7. The lowest BCUT2D eigenvalue weighted by molar-refractivity contribution is -0.124. The van der Waals surface area contributed by atoms with Crippen LogP contribution in [0, 0.1) is 17.3 Å². The molecule has 1 fully saturated rings. The van der Waals surface area contributed by atoms with Crippen LogP contribution in [-0.2, 0) is 9.22 Å². The van der Waals surface area contributed by atoms with Crippen LogP contribution in [0.15, 0.2) is 34.9 Å². The smallest absolute Gasteiger partial charge is 0.192 e. The molecule has 3 aliphatic rings. The fourth-order valence-electron chi connectivity index (χ4n) is 5.19. The topological polar surface area (TPSA) is 26.3 Å². The molecule has 0 amide bonds. The largest absolute Gasteiger partial charge is 0.410 e. The Bertz CT molecular complexity index is 745. The van der Waals surface area contributed by atoms with Crippen LogP contribution in [0.3, 0.4) is 0 Å². The molecular weight excluding hydrogens is 360 g/mol. The molecule has 0 unspecified atom stereocenters. The summed E-state index contributed by atoms with van der Waals surface area (Å²) >= 11 is 0. The third-order valence-electron chi connectivity index (χ3n) is 8.23. The van der Waals surface area contributed by atoms with E-state index in [-0.39, 0.29) is 28.4 Å². The lowest BCUT2D eigenvalue weighted by Gasteiger charge is -2.50. The molecule has 28 heavy (non-hydrogen) atoms. The van der Waals surface area contributed by atoms with E-state index in [0.29, 0.717) is 5.78 Å². The monoisotopic (exact) mass is 400 g/mol. The second-order valence-electron chi connectivity index (χ2n) is 11.4. The highest BCUT2D eigenvalue weighted by atomic mass is 28.4. The maximum absolute atomic E-state index is 13.7. The molecule has 3 rings (SSSR count). The maximum Gasteiger partial charge on any atom is 0.192 e. The van der Waals surface area contributed by atoms with Gasteiger partial charge in [0.2, 0.25) is 0 Å². The van der Waals surface area contributed by atoms with Crippen molar-refractivity contribution in [1.82, 2.24) is 0 Å². The predicted octanol–water partition coefficient (Wildman–Crippen LogP) is 6.99. The number of carbonyl (C=O) groups excluding carboxylic acids is 1. The number of Topliss-reactive ketones (excluding diaryl/α,β-unsaturated/α-hetero) is 1. The van der Waals surface area contributed by atoms with Crippen molar-refractivity contribution in [3.05, 3.63) is 34.9 Å². The zero-order valence-corrected chi connectivity index (χ0v) is 20.4. The van der Waals surface area contributed by atoms with Crippen LogP contribution >= 0.6 is 0 Å². The molecule has 0 aromatic rings. The van der Waals surface area contributed by atoms with Gasteiger partial charge in [-0.3, -0.25) is 4.79 Å². The molecule has 0 saturated heterocycles. The zero-order chi connectivity index (χ0) is 21.1. The van der Waals surface area contributed by atoms with Crippen molar-refractivity contribution in [3.63, 3.8) is 0 Å². The Morgan fingerprint density at radius 3 is 2.50 bits per heavy atom. The van der Waals surface area contributed by atoms with Crippen LogP contribution in [0.1, 0.15) is 73.6 Å². The quantitative estimate of drug-likeness (QED) is 0.368. The van der Waals surface area contributed by atoms with Crippen LogP contribution in [0.2, 0.25) is 18.1 Å². The first-order chi connectivity index (χ1) is 12.8. The van der Waals surface area contributed by atoms with Gasteiger partial charge in [-0.25, -0.2) is 0 Å². The molecule has 0 aliphatic heterocycles. The Kier molecular flexibility index (Phi) is 5.51. The van der Waals surface area contributed by atoms with Crippen molar-refractivity contribution in [1.29, 1.82) is 0 Å². The fraction of sp³-hybridized carbons (Fsp3) is 0.720. The van der Waals surface area contributed by atoms with Crippen molar-refractivity contribution < 1.29 is 9.22 Å². The molecule has 0 heterocycles. The average molecular weight is 401 g/mol. The molecule has 3 aliphatic carbocycles. The van der Waals surface area contributed by atoms with Crippen LogP contribution in [-0.4, -0.2) is 20.2 Å². The average Bonchev–Trinajstić information content (AvgIpc) is 2.58. The molecule has 3 heteroatoms. The Hall–Kier alpha value is -0.933. The summed E-state index contributed by atoms with van der Waals surface area (Å²) in [6, 6.07) is 0. The number of fused-ring (bicyclic) bond motifs is 3. The van der Waals surface area contributed by atoms with Crippen molar-refractivity contribution in [2.45, 2.75) is 97.9 Å². The third-order valence-corrected chi connectivity index (χ3v) is 12.7. The van der Waals surface area contributed by atoms with Crippen molar-refractivity contribution in [2.24, 2.45) is 17.3 Å². The van der Waals surface area contributed by atoms with Gasteiger partial charge in [0, 0.05) is 11.8 Å². The Morgan fingerprint density at radius 1 is 1.25 bits per heavy atom. The number of hydrogen-bond acceptors (Lipinski definition) is 2. The molecule has 0 aromatic heterocycles. The molecular formula is C25H40O2Si. The molecule has 1 saturated carbocycles.